The Bertz CT molecular complexity index is 157. The summed E-state index contributed by atoms with van der Waals surface area (Å²) in [7, 11) is -0.244. The van der Waals surface area contributed by atoms with Gasteiger partial charge in [0.25, 0.3) is 0 Å². The molecule has 0 aliphatic rings. The highest BCUT2D eigenvalue weighted by molar-refractivity contribution is 6.40. The van der Waals surface area contributed by atoms with Crippen LogP contribution in [0.4, 0.5) is 0 Å². The number of hydrogen-bond acceptors (Lipinski definition) is 3. The molecule has 0 aliphatic heterocycles. The predicted octanol–water partition coefficient (Wildman–Crippen LogP) is 2.70. The second kappa shape index (κ2) is 15.2. The number of rotatable bonds is 14. The fourth-order valence-electron chi connectivity index (χ4n) is 2.22. The molecule has 0 radical (unpaired) electrons. The van der Waals surface area contributed by atoms with Gasteiger partial charge in [0.1, 0.15) is 0 Å². The summed E-state index contributed by atoms with van der Waals surface area (Å²) in [5, 5.41) is 3.18. The zero-order valence-electron chi connectivity index (χ0n) is 12.2. The molecule has 3 N–H and O–H groups in total. The minimum absolute atomic E-state index is 0.673. The van der Waals surface area contributed by atoms with Gasteiger partial charge in [-0.3, -0.25) is 0 Å². The van der Waals surface area contributed by atoms with Crippen LogP contribution in [-0.4, -0.2) is 32.5 Å². The molecule has 110 valence electrons. The summed E-state index contributed by atoms with van der Waals surface area (Å²) in [5.41, 5.74) is 0. The molecule has 0 heterocycles. The van der Waals surface area contributed by atoms with E-state index in [4.69, 9.17) is 9.59 Å². The summed E-state index contributed by atoms with van der Waals surface area (Å²) in [6.07, 6.45) is 14.4. The zero-order chi connectivity index (χ0) is 13.5. The molecule has 0 spiro atoms. The molecule has 0 saturated heterocycles. The largest absolute Gasteiger partial charge is 0.413 e. The van der Waals surface area contributed by atoms with Gasteiger partial charge in [0.05, 0.1) is 0 Å². The number of nitrogens with one attached hydrogen (secondary N) is 1. The lowest BCUT2D eigenvalue weighted by Gasteiger charge is -2.03. The maximum Gasteiger partial charge on any atom is 0.315 e. The lowest BCUT2D eigenvalue weighted by Crippen LogP contribution is -2.09. The average molecular weight is 276 g/mol. The minimum atomic E-state index is -2.26. The first kappa shape index (κ1) is 18.1. The topological polar surface area (TPSA) is 52.5 Å². The van der Waals surface area contributed by atoms with Crippen LogP contribution < -0.4 is 5.32 Å². The first-order valence-corrected chi connectivity index (χ1v) is 9.63. The van der Waals surface area contributed by atoms with E-state index in [2.05, 4.69) is 5.32 Å². The Hall–Kier alpha value is 0.0969. The molecule has 0 aliphatic carbocycles. The average Bonchev–Trinajstić information content (AvgIpc) is 2.34. The van der Waals surface area contributed by atoms with Gasteiger partial charge >= 0.3 is 9.28 Å². The first-order chi connectivity index (χ1) is 8.77. The molecule has 0 amide bonds. The van der Waals surface area contributed by atoms with Crippen LogP contribution in [-0.2, 0) is 0 Å². The molecular formula is C14H33NO2Si. The van der Waals surface area contributed by atoms with Crippen molar-refractivity contribution < 1.29 is 9.59 Å². The Kier molecular flexibility index (Phi) is 15.2. The Labute approximate surface area is 115 Å². The molecule has 0 atom stereocenters. The Balaban J connectivity index is 2.90. The second-order valence-corrected chi connectivity index (χ2v) is 6.80. The van der Waals surface area contributed by atoms with E-state index in [0.29, 0.717) is 6.04 Å². The first-order valence-electron chi connectivity index (χ1n) is 7.78. The van der Waals surface area contributed by atoms with Crippen LogP contribution in [0.2, 0.25) is 6.04 Å². The molecule has 0 aromatic rings. The lowest BCUT2D eigenvalue weighted by atomic mass is 10.1. The van der Waals surface area contributed by atoms with Gasteiger partial charge in [-0.15, -0.1) is 0 Å². The molecule has 0 fully saturated rings. The van der Waals surface area contributed by atoms with Gasteiger partial charge in [-0.2, -0.15) is 0 Å². The van der Waals surface area contributed by atoms with Crippen LogP contribution in [0.25, 0.3) is 0 Å². The van der Waals surface area contributed by atoms with Gasteiger partial charge in [0.2, 0.25) is 0 Å². The Morgan fingerprint density at radius 3 is 1.44 bits per heavy atom. The van der Waals surface area contributed by atoms with Gasteiger partial charge in [-0.25, -0.2) is 0 Å². The van der Waals surface area contributed by atoms with Crippen LogP contribution in [0.1, 0.15) is 70.6 Å². The van der Waals surface area contributed by atoms with Crippen LogP contribution in [0.15, 0.2) is 0 Å². The van der Waals surface area contributed by atoms with Gasteiger partial charge < -0.3 is 14.9 Å². The van der Waals surface area contributed by atoms with Crippen LogP contribution in [0.3, 0.4) is 0 Å². The summed E-state index contributed by atoms with van der Waals surface area (Å²) in [4.78, 5) is 17.6. The van der Waals surface area contributed by atoms with Crippen molar-refractivity contribution in [3.63, 3.8) is 0 Å². The summed E-state index contributed by atoms with van der Waals surface area (Å²) in [6, 6.07) is 0.673. The molecule has 4 heteroatoms. The molecule has 18 heavy (non-hydrogen) atoms. The molecule has 3 nitrogen and oxygen atoms in total. The van der Waals surface area contributed by atoms with Crippen molar-refractivity contribution in [2.45, 2.75) is 76.7 Å². The summed E-state index contributed by atoms with van der Waals surface area (Å²) in [5.74, 6) is 0. The monoisotopic (exact) mass is 275 g/mol. The number of unbranched alkanes of at least 4 members (excludes halogenated alkanes) is 10. The molecule has 0 aromatic heterocycles. The second-order valence-electron chi connectivity index (χ2n) is 5.26. The van der Waals surface area contributed by atoms with E-state index < -0.39 is 9.28 Å². The minimum Gasteiger partial charge on any atom is -0.413 e. The van der Waals surface area contributed by atoms with Crippen molar-refractivity contribution in [3.05, 3.63) is 0 Å². The maximum absolute atomic E-state index is 8.82. The smallest absolute Gasteiger partial charge is 0.315 e. The summed E-state index contributed by atoms with van der Waals surface area (Å²) >= 11 is 0. The van der Waals surface area contributed by atoms with Crippen LogP contribution >= 0.6 is 0 Å². The Morgan fingerprint density at radius 1 is 0.667 bits per heavy atom. The van der Waals surface area contributed by atoms with Crippen molar-refractivity contribution in [2.24, 2.45) is 0 Å². The fourth-order valence-corrected chi connectivity index (χ4v) is 2.87. The molecule has 0 saturated carbocycles. The van der Waals surface area contributed by atoms with Crippen molar-refractivity contribution in [3.8, 4) is 0 Å². The van der Waals surface area contributed by atoms with Crippen LogP contribution in [0.5, 0.6) is 0 Å². The van der Waals surface area contributed by atoms with Gasteiger partial charge in [0.15, 0.2) is 0 Å². The molecule has 0 aromatic carbocycles. The van der Waals surface area contributed by atoms with E-state index in [1.165, 1.54) is 64.2 Å². The third kappa shape index (κ3) is 16.1. The van der Waals surface area contributed by atoms with Crippen molar-refractivity contribution in [1.82, 2.24) is 5.32 Å². The Morgan fingerprint density at radius 2 is 1.06 bits per heavy atom. The SMILES string of the molecule is CNCCCCCCCCCCCCC[SiH](O)O. The maximum atomic E-state index is 8.82. The van der Waals surface area contributed by atoms with Gasteiger partial charge in [-0.05, 0) is 26.1 Å². The normalized spacial score (nSPS) is 11.3. The van der Waals surface area contributed by atoms with E-state index >= 15 is 0 Å². The number of hydrogen-bond donors (Lipinski definition) is 3. The predicted molar refractivity (Wildman–Crippen MR) is 81.1 cm³/mol. The fraction of sp³-hybridized carbons (Fsp3) is 1.00. The van der Waals surface area contributed by atoms with E-state index in [1.54, 1.807) is 0 Å². The molecule has 0 unspecified atom stereocenters. The van der Waals surface area contributed by atoms with Crippen molar-refractivity contribution in [1.29, 1.82) is 0 Å². The highest BCUT2D eigenvalue weighted by Gasteiger charge is 2.00. The summed E-state index contributed by atoms with van der Waals surface area (Å²) in [6.45, 7) is 1.16. The highest BCUT2D eigenvalue weighted by atomic mass is 28.3. The highest BCUT2D eigenvalue weighted by Crippen LogP contribution is 2.12. The quantitative estimate of drug-likeness (QED) is 0.337. The van der Waals surface area contributed by atoms with Gasteiger partial charge in [-0.1, -0.05) is 64.2 Å². The van der Waals surface area contributed by atoms with Crippen LogP contribution in [0, 0.1) is 0 Å². The van der Waals surface area contributed by atoms with Crippen molar-refractivity contribution in [2.75, 3.05) is 13.6 Å². The van der Waals surface area contributed by atoms with E-state index in [9.17, 15) is 0 Å². The van der Waals surface area contributed by atoms with Crippen molar-refractivity contribution >= 4 is 9.28 Å². The third-order valence-corrected chi connectivity index (χ3v) is 4.31. The molecule has 0 bridgehead atoms. The van der Waals surface area contributed by atoms with E-state index in [1.807, 2.05) is 7.05 Å². The summed E-state index contributed by atoms with van der Waals surface area (Å²) < 4.78 is 0. The van der Waals surface area contributed by atoms with E-state index in [-0.39, 0.29) is 0 Å². The molecule has 0 rings (SSSR count). The lowest BCUT2D eigenvalue weighted by molar-refractivity contribution is 0.401. The standard InChI is InChI=1S/C14H33NO2Si/c1-15-13-11-9-7-5-3-2-4-6-8-10-12-14-18(16)17/h15-18H,2-14H2,1H3. The third-order valence-electron chi connectivity index (χ3n) is 3.39. The molecular weight excluding hydrogens is 242 g/mol. The van der Waals surface area contributed by atoms with Gasteiger partial charge in [0, 0.05) is 0 Å². The van der Waals surface area contributed by atoms with E-state index in [0.717, 1.165) is 13.0 Å². The zero-order valence-corrected chi connectivity index (χ0v) is 13.3.